The standard InChI is InChI=1S/C19H26N4O5.BrH/c1-19(2,3)28-18(25)21-8-6-7-9-23-15-13(22-17(23)20)10-12(16(24)27-5)11-14(15)26-4;/h6-7,10-11H,8-9H2,1-5H3,(H2,20,22)(H,21,25);1H. The van der Waals surface area contributed by atoms with Crippen LogP contribution >= 0.6 is 17.0 Å². The number of anilines is 1. The molecular formula is C19H27BrN4O5. The number of amides is 1. The molecule has 0 fully saturated rings. The first kappa shape index (κ1) is 24.3. The fourth-order valence-corrected chi connectivity index (χ4v) is 2.54. The van der Waals surface area contributed by atoms with Crippen LogP contribution in [0, 0.1) is 0 Å². The van der Waals surface area contributed by atoms with Crippen molar-refractivity contribution in [2.75, 3.05) is 26.5 Å². The molecule has 0 saturated heterocycles. The lowest BCUT2D eigenvalue weighted by atomic mass is 10.2. The van der Waals surface area contributed by atoms with Gasteiger partial charge < -0.3 is 29.8 Å². The number of nitrogen functional groups attached to an aromatic ring is 1. The van der Waals surface area contributed by atoms with E-state index < -0.39 is 17.7 Å². The number of allylic oxidation sites excluding steroid dienone is 1. The lowest BCUT2D eigenvalue weighted by molar-refractivity contribution is 0.0532. The van der Waals surface area contributed by atoms with E-state index in [1.807, 2.05) is 6.08 Å². The van der Waals surface area contributed by atoms with Crippen LogP contribution in [0.25, 0.3) is 11.0 Å². The van der Waals surface area contributed by atoms with Crippen molar-refractivity contribution in [2.24, 2.45) is 0 Å². The number of halogens is 1. The van der Waals surface area contributed by atoms with Crippen molar-refractivity contribution >= 4 is 46.0 Å². The highest BCUT2D eigenvalue weighted by atomic mass is 79.9. The average molecular weight is 471 g/mol. The fraction of sp³-hybridized carbons (Fsp3) is 0.421. The summed E-state index contributed by atoms with van der Waals surface area (Å²) in [5.74, 6) is 0.254. The number of nitrogens with zero attached hydrogens (tertiary/aromatic N) is 2. The summed E-state index contributed by atoms with van der Waals surface area (Å²) in [5, 5.41) is 2.64. The third kappa shape index (κ3) is 6.38. The van der Waals surface area contributed by atoms with Crippen molar-refractivity contribution in [3.63, 3.8) is 0 Å². The van der Waals surface area contributed by atoms with E-state index in [4.69, 9.17) is 19.9 Å². The van der Waals surface area contributed by atoms with Crippen molar-refractivity contribution in [3.05, 3.63) is 29.8 Å². The van der Waals surface area contributed by atoms with Crippen LogP contribution in [-0.4, -0.2) is 48.0 Å². The Morgan fingerprint density at radius 2 is 1.93 bits per heavy atom. The maximum atomic E-state index is 11.8. The molecule has 0 saturated carbocycles. The second kappa shape index (κ2) is 10.1. The summed E-state index contributed by atoms with van der Waals surface area (Å²) < 4.78 is 17.1. The number of nitrogens with two attached hydrogens (primary N) is 1. The van der Waals surface area contributed by atoms with Crippen LogP contribution < -0.4 is 15.8 Å². The number of benzene rings is 1. The number of hydrogen-bond donors (Lipinski definition) is 2. The van der Waals surface area contributed by atoms with Crippen LogP contribution in [0.3, 0.4) is 0 Å². The first-order valence-corrected chi connectivity index (χ1v) is 8.70. The zero-order valence-electron chi connectivity index (χ0n) is 17.1. The number of nitrogens with one attached hydrogen (secondary N) is 1. The van der Waals surface area contributed by atoms with Gasteiger partial charge in [-0.1, -0.05) is 12.2 Å². The van der Waals surface area contributed by atoms with Gasteiger partial charge in [0.1, 0.15) is 16.9 Å². The monoisotopic (exact) mass is 470 g/mol. The van der Waals surface area contributed by atoms with Crippen LogP contribution in [0.4, 0.5) is 10.7 Å². The summed E-state index contributed by atoms with van der Waals surface area (Å²) in [6, 6.07) is 3.18. The molecule has 0 aliphatic rings. The highest BCUT2D eigenvalue weighted by Crippen LogP contribution is 2.30. The Labute approximate surface area is 180 Å². The molecule has 160 valence electrons. The minimum Gasteiger partial charge on any atom is -0.494 e. The molecule has 3 N–H and O–H groups in total. The van der Waals surface area contributed by atoms with Gasteiger partial charge in [0, 0.05) is 13.1 Å². The Hall–Kier alpha value is -2.75. The van der Waals surface area contributed by atoms with E-state index in [9.17, 15) is 9.59 Å². The number of carbonyl (C=O) groups is 2. The second-order valence-electron chi connectivity index (χ2n) is 6.97. The van der Waals surface area contributed by atoms with Gasteiger partial charge in [-0.3, -0.25) is 0 Å². The SMILES string of the molecule is Br.COC(=O)c1cc(OC)c2c(c1)nc(N)n2CC=CCNC(=O)OC(C)(C)C. The maximum absolute atomic E-state index is 11.8. The fourth-order valence-electron chi connectivity index (χ4n) is 2.54. The summed E-state index contributed by atoms with van der Waals surface area (Å²) in [6.45, 7) is 6.12. The molecule has 1 aromatic heterocycles. The summed E-state index contributed by atoms with van der Waals surface area (Å²) in [6.07, 6.45) is 3.13. The van der Waals surface area contributed by atoms with Gasteiger partial charge in [0.25, 0.3) is 0 Å². The molecule has 2 aromatic rings. The van der Waals surface area contributed by atoms with Crippen molar-refractivity contribution in [3.8, 4) is 5.75 Å². The summed E-state index contributed by atoms with van der Waals surface area (Å²) in [4.78, 5) is 27.7. The van der Waals surface area contributed by atoms with Crippen LogP contribution in [0.1, 0.15) is 31.1 Å². The van der Waals surface area contributed by atoms with E-state index in [0.717, 1.165) is 0 Å². The van der Waals surface area contributed by atoms with Crippen LogP contribution in [0.2, 0.25) is 0 Å². The molecule has 1 amide bonds. The second-order valence-corrected chi connectivity index (χ2v) is 6.97. The predicted octanol–water partition coefficient (Wildman–Crippen LogP) is 3.07. The largest absolute Gasteiger partial charge is 0.494 e. The molecule has 1 heterocycles. The number of hydrogen-bond acceptors (Lipinski definition) is 7. The molecule has 0 aliphatic heterocycles. The molecule has 0 radical (unpaired) electrons. The summed E-state index contributed by atoms with van der Waals surface area (Å²) >= 11 is 0. The van der Waals surface area contributed by atoms with E-state index in [-0.39, 0.29) is 22.9 Å². The summed E-state index contributed by atoms with van der Waals surface area (Å²) in [7, 11) is 2.81. The lowest BCUT2D eigenvalue weighted by Gasteiger charge is -2.19. The van der Waals surface area contributed by atoms with Gasteiger partial charge in [0.05, 0.1) is 25.3 Å². The molecule has 29 heavy (non-hydrogen) atoms. The Morgan fingerprint density at radius 1 is 1.24 bits per heavy atom. The van der Waals surface area contributed by atoms with E-state index in [1.54, 1.807) is 43.5 Å². The molecule has 0 aliphatic carbocycles. The van der Waals surface area contributed by atoms with E-state index >= 15 is 0 Å². The van der Waals surface area contributed by atoms with E-state index in [0.29, 0.717) is 35.4 Å². The normalized spacial score (nSPS) is 11.2. The summed E-state index contributed by atoms with van der Waals surface area (Å²) in [5.41, 5.74) is 7.00. The number of rotatable bonds is 6. The Morgan fingerprint density at radius 3 is 2.52 bits per heavy atom. The van der Waals surface area contributed by atoms with Gasteiger partial charge >= 0.3 is 12.1 Å². The van der Waals surface area contributed by atoms with Gasteiger partial charge in [-0.05, 0) is 32.9 Å². The van der Waals surface area contributed by atoms with Gasteiger partial charge in [-0.25, -0.2) is 14.6 Å². The minimum absolute atomic E-state index is 0. The quantitative estimate of drug-likeness (QED) is 0.491. The van der Waals surface area contributed by atoms with Crippen LogP contribution in [0.5, 0.6) is 5.75 Å². The topological polar surface area (TPSA) is 118 Å². The van der Waals surface area contributed by atoms with Gasteiger partial charge in [-0.15, -0.1) is 17.0 Å². The zero-order valence-corrected chi connectivity index (χ0v) is 18.9. The first-order valence-electron chi connectivity index (χ1n) is 8.70. The molecule has 9 nitrogen and oxygen atoms in total. The minimum atomic E-state index is -0.544. The van der Waals surface area contributed by atoms with Crippen molar-refractivity contribution in [2.45, 2.75) is 32.9 Å². The molecule has 2 rings (SSSR count). The molecule has 0 unspecified atom stereocenters. The number of ether oxygens (including phenoxy) is 3. The molecule has 0 atom stereocenters. The van der Waals surface area contributed by atoms with Crippen molar-refractivity contribution in [1.82, 2.24) is 14.9 Å². The van der Waals surface area contributed by atoms with Crippen molar-refractivity contribution in [1.29, 1.82) is 0 Å². The number of imidazole rings is 1. The van der Waals surface area contributed by atoms with Gasteiger partial charge in [-0.2, -0.15) is 0 Å². The van der Waals surface area contributed by atoms with Crippen LogP contribution in [-0.2, 0) is 16.0 Å². The zero-order chi connectivity index (χ0) is 20.9. The smallest absolute Gasteiger partial charge is 0.407 e. The number of methoxy groups -OCH3 is 2. The number of alkyl carbamates (subject to hydrolysis) is 1. The van der Waals surface area contributed by atoms with Crippen LogP contribution in [0.15, 0.2) is 24.3 Å². The third-order valence-electron chi connectivity index (χ3n) is 3.70. The average Bonchev–Trinajstić information content (AvgIpc) is 2.93. The first-order chi connectivity index (χ1) is 13.2. The molecule has 1 aromatic carbocycles. The Kier molecular flexibility index (Phi) is 8.50. The molecule has 10 heteroatoms. The highest BCUT2D eigenvalue weighted by molar-refractivity contribution is 8.93. The van der Waals surface area contributed by atoms with Gasteiger partial charge in [0.2, 0.25) is 5.95 Å². The number of fused-ring (bicyclic) bond motifs is 1. The Bertz CT molecular complexity index is 902. The van der Waals surface area contributed by atoms with Gasteiger partial charge in [0.15, 0.2) is 0 Å². The number of carbonyl (C=O) groups excluding carboxylic acids is 2. The molecule has 0 bridgehead atoms. The number of aromatic nitrogens is 2. The van der Waals surface area contributed by atoms with E-state index in [1.165, 1.54) is 14.2 Å². The maximum Gasteiger partial charge on any atom is 0.407 e. The lowest BCUT2D eigenvalue weighted by Crippen LogP contribution is -2.32. The molecule has 0 spiro atoms. The number of esters is 1. The Balaban J connectivity index is 0.00000420. The molecular weight excluding hydrogens is 444 g/mol. The highest BCUT2D eigenvalue weighted by Gasteiger charge is 2.17. The van der Waals surface area contributed by atoms with E-state index in [2.05, 4.69) is 10.3 Å². The third-order valence-corrected chi connectivity index (χ3v) is 3.70. The predicted molar refractivity (Wildman–Crippen MR) is 116 cm³/mol. The van der Waals surface area contributed by atoms with Crippen molar-refractivity contribution < 1.29 is 23.8 Å².